The lowest BCUT2D eigenvalue weighted by Gasteiger charge is -2.16. The molecule has 0 aliphatic carbocycles. The van der Waals surface area contributed by atoms with Crippen molar-refractivity contribution in [3.63, 3.8) is 0 Å². The van der Waals surface area contributed by atoms with Crippen LogP contribution >= 0.6 is 11.8 Å². The smallest absolute Gasteiger partial charge is 0.306 e. The number of ether oxygens (including phenoxy) is 4. The van der Waals surface area contributed by atoms with Gasteiger partial charge < -0.3 is 23.9 Å². The SMILES string of the molecule is CCCC(=O)OC1CN=C(c2cc3cc(Oc4ccc(S(C)(=O)=O)cc4)cc(OC(C)COC)c3[nH]2)S1. The number of methoxy groups -OCH3 is 1. The molecule has 4 rings (SSSR count). The number of carbonyl (C=O) groups excluding carboxylic acids is 1. The molecule has 2 aromatic carbocycles. The van der Waals surface area contributed by atoms with E-state index in [2.05, 4.69) is 9.98 Å². The van der Waals surface area contributed by atoms with E-state index in [4.69, 9.17) is 18.9 Å². The zero-order chi connectivity index (χ0) is 26.6. The molecule has 1 aliphatic heterocycles. The molecule has 2 unspecified atom stereocenters. The van der Waals surface area contributed by atoms with Crippen LogP contribution in [0.4, 0.5) is 0 Å². The van der Waals surface area contributed by atoms with Gasteiger partial charge in [0.2, 0.25) is 0 Å². The van der Waals surface area contributed by atoms with E-state index >= 15 is 0 Å². The molecule has 0 saturated heterocycles. The van der Waals surface area contributed by atoms with Gasteiger partial charge >= 0.3 is 5.97 Å². The van der Waals surface area contributed by atoms with E-state index in [0.717, 1.165) is 34.3 Å². The second-order valence-electron chi connectivity index (χ2n) is 8.73. The fraction of sp³-hybridized carbons (Fsp3) is 0.385. The number of aromatic amines is 1. The number of benzene rings is 2. The zero-order valence-electron chi connectivity index (χ0n) is 21.1. The molecule has 1 aliphatic rings. The van der Waals surface area contributed by atoms with Crippen molar-refractivity contribution in [2.24, 2.45) is 4.99 Å². The van der Waals surface area contributed by atoms with Gasteiger partial charge in [-0.05, 0) is 49.7 Å². The summed E-state index contributed by atoms with van der Waals surface area (Å²) in [7, 11) is -1.69. The summed E-state index contributed by atoms with van der Waals surface area (Å²) in [6, 6.07) is 11.8. The molecule has 0 saturated carbocycles. The quantitative estimate of drug-likeness (QED) is 0.336. The van der Waals surface area contributed by atoms with Gasteiger partial charge in [0, 0.05) is 31.2 Å². The van der Waals surface area contributed by atoms with Crippen molar-refractivity contribution in [1.82, 2.24) is 4.98 Å². The highest BCUT2D eigenvalue weighted by molar-refractivity contribution is 8.15. The molecule has 11 heteroatoms. The molecule has 0 amide bonds. The van der Waals surface area contributed by atoms with Gasteiger partial charge in [-0.3, -0.25) is 9.79 Å². The van der Waals surface area contributed by atoms with Crippen molar-refractivity contribution in [3.05, 3.63) is 48.2 Å². The van der Waals surface area contributed by atoms with Gasteiger partial charge in [-0.1, -0.05) is 18.7 Å². The van der Waals surface area contributed by atoms with E-state index in [0.29, 0.717) is 36.8 Å². The van der Waals surface area contributed by atoms with Crippen LogP contribution in [0.5, 0.6) is 17.2 Å². The maximum absolute atomic E-state index is 11.9. The van der Waals surface area contributed by atoms with Crippen molar-refractivity contribution in [1.29, 1.82) is 0 Å². The normalized spacial score (nSPS) is 16.4. The number of thioether (sulfide) groups is 1. The standard InChI is InChI=1S/C26H30N2O7S2/c1-5-6-23(29)35-24-14-27-26(36-24)21-12-17-11-19(13-22(25(17)28-21)33-16(2)15-32-3)34-18-7-9-20(10-8-18)37(4,30)31/h7-13,16,24,28H,5-6,14-15H2,1-4H3. The van der Waals surface area contributed by atoms with Crippen LogP contribution in [0.2, 0.25) is 0 Å². The summed E-state index contributed by atoms with van der Waals surface area (Å²) >= 11 is 1.41. The van der Waals surface area contributed by atoms with E-state index in [1.54, 1.807) is 25.3 Å². The van der Waals surface area contributed by atoms with Crippen molar-refractivity contribution >= 4 is 43.5 Å². The molecule has 2 atom stereocenters. The second kappa shape index (κ2) is 11.6. The molecular formula is C26H30N2O7S2. The second-order valence-corrected chi connectivity index (χ2v) is 11.9. The Morgan fingerprint density at radius 3 is 2.62 bits per heavy atom. The molecule has 37 heavy (non-hydrogen) atoms. The number of aromatic nitrogens is 1. The van der Waals surface area contributed by atoms with Crippen LogP contribution in [-0.4, -0.2) is 62.5 Å². The number of hydrogen-bond donors (Lipinski definition) is 1. The van der Waals surface area contributed by atoms with Gasteiger partial charge in [-0.15, -0.1) is 0 Å². The highest BCUT2D eigenvalue weighted by Gasteiger charge is 2.26. The van der Waals surface area contributed by atoms with Gasteiger partial charge in [-0.2, -0.15) is 0 Å². The molecule has 0 radical (unpaired) electrons. The van der Waals surface area contributed by atoms with Gasteiger partial charge in [0.1, 0.15) is 28.4 Å². The number of nitrogens with one attached hydrogen (secondary N) is 1. The monoisotopic (exact) mass is 546 g/mol. The number of aliphatic imine (C=N–C) groups is 1. The number of sulfone groups is 1. The Kier molecular flexibility index (Phi) is 8.46. The van der Waals surface area contributed by atoms with E-state index < -0.39 is 9.84 Å². The number of rotatable bonds is 11. The first-order valence-corrected chi connectivity index (χ1v) is 14.6. The average molecular weight is 547 g/mol. The number of hydrogen-bond acceptors (Lipinski definition) is 9. The van der Waals surface area contributed by atoms with Crippen LogP contribution < -0.4 is 9.47 Å². The first-order chi connectivity index (χ1) is 17.7. The molecule has 198 valence electrons. The lowest BCUT2D eigenvalue weighted by Crippen LogP contribution is -2.18. The number of esters is 1. The van der Waals surface area contributed by atoms with Crippen molar-refractivity contribution in [3.8, 4) is 17.2 Å². The summed E-state index contributed by atoms with van der Waals surface area (Å²) in [6.07, 6.45) is 2.07. The van der Waals surface area contributed by atoms with E-state index in [-0.39, 0.29) is 22.4 Å². The predicted molar refractivity (Wildman–Crippen MR) is 144 cm³/mol. The molecule has 2 heterocycles. The Morgan fingerprint density at radius 2 is 1.95 bits per heavy atom. The Balaban J connectivity index is 1.61. The maximum atomic E-state index is 11.9. The van der Waals surface area contributed by atoms with Crippen LogP contribution in [0.25, 0.3) is 10.9 Å². The molecule has 0 spiro atoms. The molecule has 1 aromatic heterocycles. The molecular weight excluding hydrogens is 516 g/mol. The van der Waals surface area contributed by atoms with Crippen LogP contribution in [-0.2, 0) is 24.1 Å². The lowest BCUT2D eigenvalue weighted by atomic mass is 10.2. The first kappa shape index (κ1) is 27.0. The van der Waals surface area contributed by atoms with E-state index in [9.17, 15) is 13.2 Å². The highest BCUT2D eigenvalue weighted by atomic mass is 32.2. The minimum absolute atomic E-state index is 0.218. The Bertz CT molecular complexity index is 1400. The molecule has 3 aromatic rings. The van der Waals surface area contributed by atoms with E-state index in [1.165, 1.54) is 23.9 Å². The van der Waals surface area contributed by atoms with Gasteiger partial charge in [0.15, 0.2) is 15.3 Å². The third kappa shape index (κ3) is 6.85. The summed E-state index contributed by atoms with van der Waals surface area (Å²) in [5, 5.41) is 1.59. The third-order valence-corrected chi connectivity index (χ3v) is 7.67. The van der Waals surface area contributed by atoms with Crippen LogP contribution in [0.1, 0.15) is 32.4 Å². The third-order valence-electron chi connectivity index (χ3n) is 5.46. The lowest BCUT2D eigenvalue weighted by molar-refractivity contribution is -0.144. The summed E-state index contributed by atoms with van der Waals surface area (Å²) in [5.74, 6) is 1.37. The number of nitrogens with zero attached hydrogens (tertiary/aromatic N) is 1. The molecule has 1 N–H and O–H groups in total. The Morgan fingerprint density at radius 1 is 1.19 bits per heavy atom. The van der Waals surface area contributed by atoms with Crippen molar-refractivity contribution in [2.45, 2.75) is 43.1 Å². The number of H-pyrrole nitrogens is 1. The van der Waals surface area contributed by atoms with Crippen LogP contribution in [0.3, 0.4) is 0 Å². The molecule has 9 nitrogen and oxygen atoms in total. The largest absolute Gasteiger partial charge is 0.486 e. The summed E-state index contributed by atoms with van der Waals surface area (Å²) < 4.78 is 46.4. The van der Waals surface area contributed by atoms with Crippen molar-refractivity contribution in [2.75, 3.05) is 26.5 Å². The van der Waals surface area contributed by atoms with E-state index in [1.807, 2.05) is 26.0 Å². The van der Waals surface area contributed by atoms with Gasteiger partial charge in [0.25, 0.3) is 0 Å². The maximum Gasteiger partial charge on any atom is 0.306 e. The number of fused-ring (bicyclic) bond motifs is 1. The highest BCUT2D eigenvalue weighted by Crippen LogP contribution is 2.36. The minimum Gasteiger partial charge on any atom is -0.486 e. The Hall–Kier alpha value is -3.02. The van der Waals surface area contributed by atoms with Crippen LogP contribution in [0, 0.1) is 0 Å². The van der Waals surface area contributed by atoms with Crippen molar-refractivity contribution < 1.29 is 32.2 Å². The zero-order valence-corrected chi connectivity index (χ0v) is 22.8. The topological polar surface area (TPSA) is 116 Å². The average Bonchev–Trinajstić information content (AvgIpc) is 3.46. The fourth-order valence-electron chi connectivity index (χ4n) is 3.80. The first-order valence-electron chi connectivity index (χ1n) is 11.9. The van der Waals surface area contributed by atoms with Crippen LogP contribution in [0.15, 0.2) is 52.4 Å². The fourth-order valence-corrected chi connectivity index (χ4v) is 5.37. The molecule has 0 bridgehead atoms. The molecule has 0 fully saturated rings. The summed E-state index contributed by atoms with van der Waals surface area (Å²) in [6.45, 7) is 4.64. The van der Waals surface area contributed by atoms with Gasteiger partial charge in [0.05, 0.1) is 29.3 Å². The predicted octanol–water partition coefficient (Wildman–Crippen LogP) is 4.94. The van der Waals surface area contributed by atoms with Gasteiger partial charge in [-0.25, -0.2) is 8.42 Å². The Labute approximate surface area is 220 Å². The minimum atomic E-state index is -3.30. The summed E-state index contributed by atoms with van der Waals surface area (Å²) in [4.78, 5) is 20.0. The number of carbonyl (C=O) groups is 1. The summed E-state index contributed by atoms with van der Waals surface area (Å²) in [5.41, 5.74) is 1.21.